The lowest BCUT2D eigenvalue weighted by atomic mass is 10.0. The Bertz CT molecular complexity index is 717. The minimum absolute atomic E-state index is 0.178. The molecular weight excluding hydrogens is 303 g/mol. The summed E-state index contributed by atoms with van der Waals surface area (Å²) in [7, 11) is -4.30. The number of aryl methyl sites for hydroxylation is 1. The maximum atomic E-state index is 13.9. The number of aliphatic carboxylic acids is 1. The van der Waals surface area contributed by atoms with Gasteiger partial charge in [0.1, 0.15) is 16.8 Å². The minimum Gasteiger partial charge on any atom is -0.480 e. The fourth-order valence-electron chi connectivity index (χ4n) is 1.93. The van der Waals surface area contributed by atoms with Crippen LogP contribution in [-0.4, -0.2) is 31.4 Å². The molecule has 0 fully saturated rings. The summed E-state index contributed by atoms with van der Waals surface area (Å²) in [5, 5.41) is 11.2. The zero-order chi connectivity index (χ0) is 15.8. The first-order chi connectivity index (χ1) is 9.70. The predicted molar refractivity (Wildman–Crippen MR) is 70.8 cm³/mol. The number of anilines is 1. The normalized spacial score (nSPS) is 16.0. The number of sulfonamides is 1. The second-order valence-corrected chi connectivity index (χ2v) is 6.35. The third-order valence-electron chi connectivity index (χ3n) is 3.05. The molecule has 21 heavy (non-hydrogen) atoms. The Morgan fingerprint density at radius 3 is 2.71 bits per heavy atom. The van der Waals surface area contributed by atoms with Crippen molar-refractivity contribution in [2.45, 2.75) is 30.7 Å². The predicted octanol–water partition coefficient (Wildman–Crippen LogP) is 0.462. The summed E-state index contributed by atoms with van der Waals surface area (Å²) in [5.41, 5.74) is 0.716. The van der Waals surface area contributed by atoms with E-state index in [-0.39, 0.29) is 18.0 Å². The number of carbonyl (C=O) groups excluding carboxylic acids is 1. The van der Waals surface area contributed by atoms with Crippen LogP contribution in [0.15, 0.2) is 17.0 Å². The number of amides is 1. The van der Waals surface area contributed by atoms with Gasteiger partial charge in [-0.1, -0.05) is 0 Å². The van der Waals surface area contributed by atoms with Crippen molar-refractivity contribution in [3.05, 3.63) is 23.5 Å². The van der Waals surface area contributed by atoms with E-state index in [4.69, 9.17) is 5.11 Å². The van der Waals surface area contributed by atoms with Crippen LogP contribution in [0, 0.1) is 5.82 Å². The molecule has 1 aromatic rings. The summed E-state index contributed by atoms with van der Waals surface area (Å²) in [6.07, 6.45) is 0.468. The van der Waals surface area contributed by atoms with E-state index in [0.29, 0.717) is 12.0 Å². The molecule has 0 bridgehead atoms. The molecule has 0 aliphatic carbocycles. The summed E-state index contributed by atoms with van der Waals surface area (Å²) in [6.45, 7) is 1.14. The largest absolute Gasteiger partial charge is 0.480 e. The molecular formula is C12H13FN2O5S. The highest BCUT2D eigenvalue weighted by atomic mass is 32.2. The Morgan fingerprint density at radius 2 is 2.10 bits per heavy atom. The minimum atomic E-state index is -4.30. The fraction of sp³-hybridized carbons (Fsp3) is 0.333. The highest BCUT2D eigenvalue weighted by Crippen LogP contribution is 2.28. The van der Waals surface area contributed by atoms with Crippen molar-refractivity contribution in [1.29, 1.82) is 0 Å². The first-order valence-electron chi connectivity index (χ1n) is 6.08. The third kappa shape index (κ3) is 3.19. The third-order valence-corrected chi connectivity index (χ3v) is 4.60. The number of carboxylic acid groups (broad SMARTS) is 1. The molecule has 1 aromatic carbocycles. The molecule has 1 heterocycles. The first kappa shape index (κ1) is 15.4. The number of nitrogens with one attached hydrogen (secondary N) is 2. The smallest absolute Gasteiger partial charge is 0.321 e. The number of hydrogen-bond acceptors (Lipinski definition) is 4. The number of carboxylic acids is 1. The van der Waals surface area contributed by atoms with E-state index in [0.717, 1.165) is 19.1 Å². The molecule has 9 heteroatoms. The fourth-order valence-corrected chi connectivity index (χ4v) is 3.24. The quantitative estimate of drug-likeness (QED) is 0.747. The van der Waals surface area contributed by atoms with Crippen LogP contribution < -0.4 is 10.0 Å². The molecule has 0 saturated heterocycles. The highest BCUT2D eigenvalue weighted by Gasteiger charge is 2.27. The molecule has 7 nitrogen and oxygen atoms in total. The number of fused-ring (bicyclic) bond motifs is 1. The van der Waals surface area contributed by atoms with Crippen LogP contribution in [0.4, 0.5) is 10.1 Å². The zero-order valence-corrected chi connectivity index (χ0v) is 11.8. The van der Waals surface area contributed by atoms with E-state index in [2.05, 4.69) is 5.32 Å². The molecule has 1 aliphatic rings. The van der Waals surface area contributed by atoms with Crippen molar-refractivity contribution in [2.75, 3.05) is 5.32 Å². The van der Waals surface area contributed by atoms with E-state index < -0.39 is 32.7 Å². The topological polar surface area (TPSA) is 113 Å². The number of carbonyl (C=O) groups is 2. The van der Waals surface area contributed by atoms with Gasteiger partial charge in [-0.25, -0.2) is 12.8 Å². The molecule has 0 radical (unpaired) electrons. The Kier molecular flexibility index (Phi) is 3.97. The van der Waals surface area contributed by atoms with Gasteiger partial charge in [0.15, 0.2) is 0 Å². The van der Waals surface area contributed by atoms with Crippen molar-refractivity contribution in [3.63, 3.8) is 0 Å². The van der Waals surface area contributed by atoms with Crippen LogP contribution >= 0.6 is 0 Å². The van der Waals surface area contributed by atoms with E-state index >= 15 is 0 Å². The first-order valence-corrected chi connectivity index (χ1v) is 7.56. The van der Waals surface area contributed by atoms with Gasteiger partial charge >= 0.3 is 5.97 Å². The number of benzene rings is 1. The van der Waals surface area contributed by atoms with Gasteiger partial charge < -0.3 is 10.4 Å². The lowest BCUT2D eigenvalue weighted by Crippen LogP contribution is -2.38. The van der Waals surface area contributed by atoms with Crippen molar-refractivity contribution in [3.8, 4) is 0 Å². The monoisotopic (exact) mass is 316 g/mol. The van der Waals surface area contributed by atoms with Crippen LogP contribution in [0.5, 0.6) is 0 Å². The van der Waals surface area contributed by atoms with Crippen LogP contribution in [0.2, 0.25) is 0 Å². The van der Waals surface area contributed by atoms with Crippen molar-refractivity contribution in [2.24, 2.45) is 0 Å². The Morgan fingerprint density at radius 1 is 1.43 bits per heavy atom. The van der Waals surface area contributed by atoms with Crippen molar-refractivity contribution in [1.82, 2.24) is 4.72 Å². The average Bonchev–Trinajstić information content (AvgIpc) is 2.36. The summed E-state index contributed by atoms with van der Waals surface area (Å²) in [6, 6.07) is 0.651. The van der Waals surface area contributed by atoms with Gasteiger partial charge in [0.05, 0.1) is 0 Å². The van der Waals surface area contributed by atoms with Gasteiger partial charge in [0, 0.05) is 12.1 Å². The van der Waals surface area contributed by atoms with Crippen LogP contribution in [0.25, 0.3) is 0 Å². The summed E-state index contributed by atoms with van der Waals surface area (Å²) in [4.78, 5) is 21.3. The van der Waals surface area contributed by atoms with E-state index in [1.807, 2.05) is 4.72 Å². The maximum absolute atomic E-state index is 13.9. The van der Waals surface area contributed by atoms with Crippen molar-refractivity contribution < 1.29 is 27.5 Å². The summed E-state index contributed by atoms with van der Waals surface area (Å²) < 4.78 is 39.8. The molecule has 3 N–H and O–H groups in total. The average molecular weight is 316 g/mol. The highest BCUT2D eigenvalue weighted by molar-refractivity contribution is 7.89. The standard InChI is InChI=1S/C12H13FN2O5S/c1-6(12(17)18)15-21(19,20)10-4-7-2-3-11(16)14-9(7)5-8(10)13/h4-6,15H,2-3H2,1H3,(H,14,16)(H,17,18)/t6-/m1/s1. The van der Waals surface area contributed by atoms with Gasteiger partial charge in [-0.05, 0) is 31.0 Å². The molecule has 2 rings (SSSR count). The van der Waals surface area contributed by atoms with Crippen LogP contribution in [0.1, 0.15) is 18.9 Å². The summed E-state index contributed by atoms with van der Waals surface area (Å²) >= 11 is 0. The Labute approximate surface area is 120 Å². The van der Waals surface area contributed by atoms with Crippen LogP contribution in [-0.2, 0) is 26.0 Å². The van der Waals surface area contributed by atoms with Gasteiger partial charge in [-0.3, -0.25) is 9.59 Å². The molecule has 114 valence electrons. The second kappa shape index (κ2) is 5.41. The molecule has 1 atom stereocenters. The Balaban J connectivity index is 2.40. The van der Waals surface area contributed by atoms with Gasteiger partial charge in [0.25, 0.3) is 0 Å². The molecule has 0 saturated carbocycles. The Hall–Kier alpha value is -2.00. The van der Waals surface area contributed by atoms with E-state index in [9.17, 15) is 22.4 Å². The number of hydrogen-bond donors (Lipinski definition) is 3. The number of halogens is 1. The van der Waals surface area contributed by atoms with E-state index in [1.165, 1.54) is 0 Å². The van der Waals surface area contributed by atoms with Crippen molar-refractivity contribution >= 4 is 27.6 Å². The molecule has 1 aliphatic heterocycles. The van der Waals surface area contributed by atoms with Gasteiger partial charge in [-0.15, -0.1) is 0 Å². The molecule has 0 aromatic heterocycles. The zero-order valence-electron chi connectivity index (χ0n) is 11.0. The van der Waals surface area contributed by atoms with Gasteiger partial charge in [-0.2, -0.15) is 4.72 Å². The second-order valence-electron chi connectivity index (χ2n) is 4.67. The molecule has 0 unspecified atom stereocenters. The van der Waals surface area contributed by atoms with Crippen LogP contribution in [0.3, 0.4) is 0 Å². The molecule has 1 amide bonds. The number of rotatable bonds is 4. The lowest BCUT2D eigenvalue weighted by molar-refractivity contribution is -0.138. The lowest BCUT2D eigenvalue weighted by Gasteiger charge is -2.19. The SMILES string of the molecule is C[C@@H](NS(=O)(=O)c1cc2c(cc1F)NC(=O)CC2)C(=O)O. The molecule has 0 spiro atoms. The maximum Gasteiger partial charge on any atom is 0.321 e. The van der Waals surface area contributed by atoms with E-state index in [1.54, 1.807) is 0 Å². The van der Waals surface area contributed by atoms with Gasteiger partial charge in [0.2, 0.25) is 15.9 Å². The summed E-state index contributed by atoms with van der Waals surface area (Å²) in [5.74, 6) is -2.69.